The van der Waals surface area contributed by atoms with Crippen molar-refractivity contribution in [3.8, 4) is 0 Å². The van der Waals surface area contributed by atoms with Gasteiger partial charge < -0.3 is 10.2 Å². The average molecular weight is 326 g/mol. The van der Waals surface area contributed by atoms with Gasteiger partial charge in [0.15, 0.2) is 0 Å². The summed E-state index contributed by atoms with van der Waals surface area (Å²) in [7, 11) is 0. The SMILES string of the molecule is CC1CCN(C(=S)SCC(=O)Nc2cccc(F)c2)CC1. The highest BCUT2D eigenvalue weighted by Crippen LogP contribution is 2.20. The topological polar surface area (TPSA) is 32.3 Å². The Morgan fingerprint density at radius 3 is 2.86 bits per heavy atom. The van der Waals surface area contributed by atoms with Gasteiger partial charge in [-0.1, -0.05) is 37.0 Å². The van der Waals surface area contributed by atoms with Crippen LogP contribution in [0.15, 0.2) is 24.3 Å². The minimum Gasteiger partial charge on any atom is -0.357 e. The lowest BCUT2D eigenvalue weighted by molar-refractivity contribution is -0.113. The van der Waals surface area contributed by atoms with Crippen molar-refractivity contribution in [2.24, 2.45) is 5.92 Å². The van der Waals surface area contributed by atoms with Crippen molar-refractivity contribution in [1.29, 1.82) is 0 Å². The Morgan fingerprint density at radius 2 is 2.19 bits per heavy atom. The second kappa shape index (κ2) is 7.75. The number of piperidine rings is 1. The number of likely N-dealkylation sites (tertiary alicyclic amines) is 1. The van der Waals surface area contributed by atoms with E-state index in [1.54, 1.807) is 12.1 Å². The third-order valence-electron chi connectivity index (χ3n) is 3.48. The van der Waals surface area contributed by atoms with Gasteiger partial charge in [-0.05, 0) is 37.0 Å². The molecule has 0 aromatic heterocycles. The molecule has 3 nitrogen and oxygen atoms in total. The molecule has 0 atom stereocenters. The average Bonchev–Trinajstić information content (AvgIpc) is 2.45. The van der Waals surface area contributed by atoms with Crippen molar-refractivity contribution in [2.45, 2.75) is 19.8 Å². The monoisotopic (exact) mass is 326 g/mol. The zero-order valence-electron chi connectivity index (χ0n) is 12.0. The molecule has 1 N–H and O–H groups in total. The van der Waals surface area contributed by atoms with E-state index in [0.717, 1.165) is 36.2 Å². The zero-order valence-corrected chi connectivity index (χ0v) is 13.6. The van der Waals surface area contributed by atoms with Crippen LogP contribution in [-0.4, -0.2) is 34.0 Å². The first-order valence-corrected chi connectivity index (χ1v) is 8.41. The van der Waals surface area contributed by atoms with Gasteiger partial charge in [0, 0.05) is 18.8 Å². The van der Waals surface area contributed by atoms with Crippen molar-refractivity contribution in [3.63, 3.8) is 0 Å². The molecular formula is C15H19FN2OS2. The molecule has 0 bridgehead atoms. The maximum absolute atomic E-state index is 13.0. The van der Waals surface area contributed by atoms with Gasteiger partial charge in [-0.3, -0.25) is 4.79 Å². The summed E-state index contributed by atoms with van der Waals surface area (Å²) in [6, 6.07) is 5.87. The van der Waals surface area contributed by atoms with Gasteiger partial charge >= 0.3 is 0 Å². The molecule has 1 saturated heterocycles. The van der Waals surface area contributed by atoms with E-state index in [1.165, 1.54) is 23.9 Å². The number of amides is 1. The Hall–Kier alpha value is -1.14. The molecule has 1 aromatic carbocycles. The Morgan fingerprint density at radius 1 is 1.48 bits per heavy atom. The molecule has 1 aromatic rings. The van der Waals surface area contributed by atoms with E-state index in [-0.39, 0.29) is 17.5 Å². The first-order valence-electron chi connectivity index (χ1n) is 7.01. The molecule has 0 radical (unpaired) electrons. The number of thiocarbonyl (C=S) groups is 1. The fourth-order valence-electron chi connectivity index (χ4n) is 2.17. The molecule has 0 saturated carbocycles. The van der Waals surface area contributed by atoms with Crippen LogP contribution in [0, 0.1) is 11.7 Å². The molecule has 0 aliphatic carbocycles. The van der Waals surface area contributed by atoms with Gasteiger partial charge in [-0.2, -0.15) is 0 Å². The normalized spacial score (nSPS) is 15.8. The molecule has 1 fully saturated rings. The summed E-state index contributed by atoms with van der Waals surface area (Å²) in [5.74, 6) is 0.476. The number of carbonyl (C=O) groups is 1. The predicted molar refractivity (Wildman–Crippen MR) is 90.1 cm³/mol. The Labute approximate surface area is 134 Å². The van der Waals surface area contributed by atoms with Crippen LogP contribution in [0.4, 0.5) is 10.1 Å². The first kappa shape index (κ1) is 16.2. The lowest BCUT2D eigenvalue weighted by Gasteiger charge is -2.31. The first-order chi connectivity index (χ1) is 10.0. The predicted octanol–water partition coefficient (Wildman–Crippen LogP) is 3.51. The number of carbonyl (C=O) groups excluding carboxylic acids is 1. The van der Waals surface area contributed by atoms with Gasteiger partial charge in [0.25, 0.3) is 0 Å². The fourth-order valence-corrected chi connectivity index (χ4v) is 3.22. The molecule has 0 spiro atoms. The van der Waals surface area contributed by atoms with Crippen LogP contribution in [0.3, 0.4) is 0 Å². The van der Waals surface area contributed by atoms with Crippen molar-refractivity contribution in [1.82, 2.24) is 4.90 Å². The van der Waals surface area contributed by atoms with Crippen LogP contribution < -0.4 is 5.32 Å². The van der Waals surface area contributed by atoms with Gasteiger partial charge in [0.1, 0.15) is 10.1 Å². The Bertz CT molecular complexity index is 516. The number of nitrogens with one attached hydrogen (secondary N) is 1. The Kier molecular flexibility index (Phi) is 5.99. The van der Waals surface area contributed by atoms with Crippen LogP contribution in [0.5, 0.6) is 0 Å². The maximum Gasteiger partial charge on any atom is 0.234 e. The maximum atomic E-state index is 13.0. The highest BCUT2D eigenvalue weighted by molar-refractivity contribution is 8.23. The summed E-state index contributed by atoms with van der Waals surface area (Å²) >= 11 is 6.73. The van der Waals surface area contributed by atoms with Crippen molar-refractivity contribution < 1.29 is 9.18 Å². The number of thioether (sulfide) groups is 1. The number of nitrogens with zero attached hydrogens (tertiary/aromatic N) is 1. The number of hydrogen-bond donors (Lipinski definition) is 1. The molecule has 1 aliphatic rings. The molecule has 6 heteroatoms. The van der Waals surface area contributed by atoms with Crippen LogP contribution in [0.25, 0.3) is 0 Å². The number of halogens is 1. The molecular weight excluding hydrogens is 307 g/mol. The molecule has 2 rings (SSSR count). The van der Waals surface area contributed by atoms with Gasteiger partial charge in [-0.15, -0.1) is 0 Å². The van der Waals surface area contributed by atoms with Crippen molar-refractivity contribution in [2.75, 3.05) is 24.2 Å². The number of rotatable bonds is 3. The van der Waals surface area contributed by atoms with E-state index in [2.05, 4.69) is 17.1 Å². The van der Waals surface area contributed by atoms with E-state index in [0.29, 0.717) is 5.69 Å². The second-order valence-corrected chi connectivity index (χ2v) is 6.89. The fraction of sp³-hybridized carbons (Fsp3) is 0.467. The number of anilines is 1. The van der Waals surface area contributed by atoms with E-state index >= 15 is 0 Å². The van der Waals surface area contributed by atoms with Crippen LogP contribution in [-0.2, 0) is 4.79 Å². The lowest BCUT2D eigenvalue weighted by Crippen LogP contribution is -2.36. The quantitative estimate of drug-likeness (QED) is 0.862. The summed E-state index contributed by atoms with van der Waals surface area (Å²) in [6.07, 6.45) is 2.30. The van der Waals surface area contributed by atoms with E-state index < -0.39 is 0 Å². The number of hydrogen-bond acceptors (Lipinski definition) is 3. The standard InChI is InChI=1S/C15H19FN2OS2/c1-11-5-7-18(8-6-11)15(20)21-10-14(19)17-13-4-2-3-12(16)9-13/h2-4,9,11H,5-8,10H2,1H3,(H,17,19). The largest absolute Gasteiger partial charge is 0.357 e. The zero-order chi connectivity index (χ0) is 15.2. The Balaban J connectivity index is 1.75. The minimum absolute atomic E-state index is 0.168. The van der Waals surface area contributed by atoms with Crippen molar-refractivity contribution >= 4 is 39.9 Å². The van der Waals surface area contributed by atoms with E-state index in [1.807, 2.05) is 0 Å². The van der Waals surface area contributed by atoms with Crippen LogP contribution >= 0.6 is 24.0 Å². The van der Waals surface area contributed by atoms with Crippen molar-refractivity contribution in [3.05, 3.63) is 30.1 Å². The smallest absolute Gasteiger partial charge is 0.234 e. The number of benzene rings is 1. The molecule has 21 heavy (non-hydrogen) atoms. The highest BCUT2D eigenvalue weighted by Gasteiger charge is 2.18. The third-order valence-corrected chi connectivity index (χ3v) is 5.00. The molecule has 1 heterocycles. The van der Waals surface area contributed by atoms with Gasteiger partial charge in [0.05, 0.1) is 5.75 Å². The van der Waals surface area contributed by atoms with Crippen LogP contribution in [0.1, 0.15) is 19.8 Å². The molecule has 1 amide bonds. The highest BCUT2D eigenvalue weighted by atomic mass is 32.2. The summed E-state index contributed by atoms with van der Waals surface area (Å²) in [5.41, 5.74) is 0.471. The van der Waals surface area contributed by atoms with Gasteiger partial charge in [-0.25, -0.2) is 4.39 Å². The summed E-state index contributed by atoms with van der Waals surface area (Å²) in [6.45, 7) is 4.19. The molecule has 0 unspecified atom stereocenters. The summed E-state index contributed by atoms with van der Waals surface area (Å²) < 4.78 is 13.8. The second-order valence-electron chi connectivity index (χ2n) is 5.28. The molecule has 114 valence electrons. The molecule has 1 aliphatic heterocycles. The summed E-state index contributed by atoms with van der Waals surface area (Å²) in [5, 5.41) is 2.67. The van der Waals surface area contributed by atoms with Gasteiger partial charge in [0.2, 0.25) is 5.91 Å². The third kappa shape index (κ3) is 5.28. The lowest BCUT2D eigenvalue weighted by atomic mass is 10.00. The van der Waals surface area contributed by atoms with E-state index in [9.17, 15) is 9.18 Å². The summed E-state index contributed by atoms with van der Waals surface area (Å²) in [4.78, 5) is 14.0. The minimum atomic E-state index is -0.363. The van der Waals surface area contributed by atoms with E-state index in [4.69, 9.17) is 12.2 Å². The van der Waals surface area contributed by atoms with Crippen LogP contribution in [0.2, 0.25) is 0 Å².